The fourth-order valence-electron chi connectivity index (χ4n) is 4.38. The number of unbranched alkanes of at least 4 members (excludes halogenated alkanes) is 1. The average molecular weight is 307 g/mol. The van der Waals surface area contributed by atoms with E-state index in [-0.39, 0.29) is 10.8 Å². The van der Waals surface area contributed by atoms with Gasteiger partial charge in [-0.1, -0.05) is 76.3 Å². The topological polar surface area (TPSA) is 0 Å². The molecule has 0 N–H and O–H groups in total. The summed E-state index contributed by atoms with van der Waals surface area (Å²) in [4.78, 5) is 0. The van der Waals surface area contributed by atoms with Crippen LogP contribution in [0.15, 0.2) is 30.3 Å². The van der Waals surface area contributed by atoms with Gasteiger partial charge in [0.05, 0.1) is 0 Å². The zero-order valence-corrected chi connectivity index (χ0v) is 14.5. The van der Waals surface area contributed by atoms with Gasteiger partial charge in [0.2, 0.25) is 0 Å². The van der Waals surface area contributed by atoms with E-state index < -0.39 is 0 Å². The summed E-state index contributed by atoms with van der Waals surface area (Å²) < 4.78 is 0. The highest BCUT2D eigenvalue weighted by Crippen LogP contribution is 2.49. The maximum atomic E-state index is 6.99. The van der Waals surface area contributed by atoms with E-state index in [4.69, 9.17) is 11.6 Å². The Morgan fingerprint density at radius 3 is 2.33 bits per heavy atom. The van der Waals surface area contributed by atoms with Gasteiger partial charge in [-0.3, -0.25) is 0 Å². The standard InChI is InChI=1S/C20H31Cl/c1-3-5-16-20(19(21)4-2,17-12-8-6-9-13-17)18-14-10-7-11-15-18/h6,8-9,12-13,18-19H,3-5,7,10-11,14-16H2,1-2H3. The molecular weight excluding hydrogens is 276 g/mol. The van der Waals surface area contributed by atoms with E-state index in [1.165, 1.54) is 56.9 Å². The zero-order chi connectivity index (χ0) is 15.1. The maximum Gasteiger partial charge on any atom is 0.0432 e. The van der Waals surface area contributed by atoms with Gasteiger partial charge in [-0.05, 0) is 37.2 Å². The summed E-state index contributed by atoms with van der Waals surface area (Å²) in [5.74, 6) is 0.766. The van der Waals surface area contributed by atoms with Crippen LogP contribution in [0.2, 0.25) is 0 Å². The van der Waals surface area contributed by atoms with Gasteiger partial charge in [0.15, 0.2) is 0 Å². The number of hydrogen-bond acceptors (Lipinski definition) is 0. The molecule has 0 aromatic heterocycles. The number of rotatable bonds is 7. The van der Waals surface area contributed by atoms with Crippen LogP contribution < -0.4 is 0 Å². The van der Waals surface area contributed by atoms with E-state index in [0.717, 1.165) is 12.3 Å². The molecule has 0 nitrogen and oxygen atoms in total. The summed E-state index contributed by atoms with van der Waals surface area (Å²) >= 11 is 6.99. The van der Waals surface area contributed by atoms with Crippen LogP contribution in [0, 0.1) is 5.92 Å². The normalized spacial score (nSPS) is 20.9. The highest BCUT2D eigenvalue weighted by molar-refractivity contribution is 6.21. The first-order valence-electron chi connectivity index (χ1n) is 8.95. The van der Waals surface area contributed by atoms with E-state index in [9.17, 15) is 0 Å². The number of hydrogen-bond donors (Lipinski definition) is 0. The van der Waals surface area contributed by atoms with Gasteiger partial charge in [-0.25, -0.2) is 0 Å². The molecule has 21 heavy (non-hydrogen) atoms. The lowest BCUT2D eigenvalue weighted by atomic mass is 9.60. The SMILES string of the molecule is CCCCC(c1ccccc1)(C(Cl)CC)C1CCCCC1. The van der Waals surface area contributed by atoms with Crippen LogP contribution in [-0.4, -0.2) is 5.38 Å². The molecule has 1 aliphatic carbocycles. The Morgan fingerprint density at radius 2 is 1.76 bits per heavy atom. The van der Waals surface area contributed by atoms with Crippen molar-refractivity contribution in [3.63, 3.8) is 0 Å². The molecule has 2 atom stereocenters. The molecule has 0 heterocycles. The lowest BCUT2D eigenvalue weighted by Gasteiger charge is -2.46. The van der Waals surface area contributed by atoms with Gasteiger partial charge >= 0.3 is 0 Å². The molecule has 0 radical (unpaired) electrons. The predicted octanol–water partition coefficient (Wildman–Crippen LogP) is 6.71. The van der Waals surface area contributed by atoms with Crippen molar-refractivity contribution < 1.29 is 0 Å². The lowest BCUT2D eigenvalue weighted by molar-refractivity contribution is 0.174. The second kappa shape index (κ2) is 8.22. The highest BCUT2D eigenvalue weighted by atomic mass is 35.5. The fourth-order valence-corrected chi connectivity index (χ4v) is 4.79. The van der Waals surface area contributed by atoms with Crippen molar-refractivity contribution >= 4 is 11.6 Å². The fraction of sp³-hybridized carbons (Fsp3) is 0.700. The van der Waals surface area contributed by atoms with Gasteiger partial charge in [0.25, 0.3) is 0 Å². The molecular formula is C20H31Cl. The Bertz CT molecular complexity index is 394. The van der Waals surface area contributed by atoms with Crippen LogP contribution in [0.1, 0.15) is 77.2 Å². The Balaban J connectivity index is 2.41. The molecule has 1 fully saturated rings. The first-order valence-corrected chi connectivity index (χ1v) is 9.39. The molecule has 0 amide bonds. The van der Waals surface area contributed by atoms with E-state index in [2.05, 4.69) is 44.2 Å². The molecule has 118 valence electrons. The second-order valence-corrected chi connectivity index (χ2v) is 7.25. The molecule has 0 bridgehead atoms. The van der Waals surface area contributed by atoms with Gasteiger partial charge in [0, 0.05) is 10.8 Å². The first-order chi connectivity index (χ1) is 10.3. The van der Waals surface area contributed by atoms with Gasteiger partial charge in [-0.15, -0.1) is 11.6 Å². The van der Waals surface area contributed by atoms with Crippen LogP contribution in [0.3, 0.4) is 0 Å². The largest absolute Gasteiger partial charge is 0.122 e. The summed E-state index contributed by atoms with van der Waals surface area (Å²) in [6.07, 6.45) is 11.8. The predicted molar refractivity (Wildman–Crippen MR) is 94.2 cm³/mol. The molecule has 1 aromatic carbocycles. The third-order valence-electron chi connectivity index (χ3n) is 5.51. The zero-order valence-electron chi connectivity index (χ0n) is 13.8. The molecule has 2 rings (SSSR count). The Kier molecular flexibility index (Phi) is 6.61. The first kappa shape index (κ1) is 16.9. The molecule has 1 saturated carbocycles. The molecule has 1 aromatic rings. The molecule has 1 heteroatoms. The summed E-state index contributed by atoms with van der Waals surface area (Å²) in [5, 5.41) is 0.259. The second-order valence-electron chi connectivity index (χ2n) is 6.72. The van der Waals surface area contributed by atoms with Gasteiger partial charge < -0.3 is 0 Å². The van der Waals surface area contributed by atoms with Crippen molar-refractivity contribution in [2.45, 2.75) is 82.4 Å². The van der Waals surface area contributed by atoms with Crippen molar-refractivity contribution in [2.75, 3.05) is 0 Å². The van der Waals surface area contributed by atoms with Crippen LogP contribution in [0.5, 0.6) is 0 Å². The molecule has 0 aliphatic heterocycles. The Morgan fingerprint density at radius 1 is 1.10 bits per heavy atom. The smallest absolute Gasteiger partial charge is 0.0432 e. The summed E-state index contributed by atoms with van der Waals surface area (Å²) in [5.41, 5.74) is 1.68. The minimum absolute atomic E-state index is 0.188. The molecule has 0 saturated heterocycles. The van der Waals surface area contributed by atoms with Gasteiger partial charge in [-0.2, -0.15) is 0 Å². The molecule has 2 unspecified atom stereocenters. The van der Waals surface area contributed by atoms with E-state index >= 15 is 0 Å². The van der Waals surface area contributed by atoms with Crippen molar-refractivity contribution in [1.29, 1.82) is 0 Å². The van der Waals surface area contributed by atoms with Crippen molar-refractivity contribution in [1.82, 2.24) is 0 Å². The van der Waals surface area contributed by atoms with E-state index in [1.54, 1.807) is 0 Å². The quantitative estimate of drug-likeness (QED) is 0.491. The third-order valence-corrected chi connectivity index (χ3v) is 6.20. The lowest BCUT2D eigenvalue weighted by Crippen LogP contribution is -2.44. The van der Waals surface area contributed by atoms with Crippen LogP contribution in [0.25, 0.3) is 0 Å². The van der Waals surface area contributed by atoms with Crippen molar-refractivity contribution in [3.05, 3.63) is 35.9 Å². The summed E-state index contributed by atoms with van der Waals surface area (Å²) in [6, 6.07) is 11.2. The molecule has 1 aliphatic rings. The van der Waals surface area contributed by atoms with E-state index in [0.29, 0.717) is 0 Å². The average Bonchev–Trinajstić information content (AvgIpc) is 2.57. The third kappa shape index (κ3) is 3.65. The minimum atomic E-state index is 0.188. The summed E-state index contributed by atoms with van der Waals surface area (Å²) in [7, 11) is 0. The maximum absolute atomic E-state index is 6.99. The Labute approximate surface area is 136 Å². The summed E-state index contributed by atoms with van der Waals surface area (Å²) in [6.45, 7) is 4.55. The Hall–Kier alpha value is -0.490. The van der Waals surface area contributed by atoms with Crippen molar-refractivity contribution in [3.8, 4) is 0 Å². The van der Waals surface area contributed by atoms with Crippen LogP contribution >= 0.6 is 11.6 Å². The monoisotopic (exact) mass is 306 g/mol. The number of benzene rings is 1. The number of halogens is 1. The van der Waals surface area contributed by atoms with Crippen molar-refractivity contribution in [2.24, 2.45) is 5.92 Å². The van der Waals surface area contributed by atoms with Crippen LogP contribution in [-0.2, 0) is 5.41 Å². The minimum Gasteiger partial charge on any atom is -0.122 e. The molecule has 0 spiro atoms. The van der Waals surface area contributed by atoms with E-state index in [1.807, 2.05) is 0 Å². The number of alkyl halides is 1. The van der Waals surface area contributed by atoms with Gasteiger partial charge in [0.1, 0.15) is 0 Å². The van der Waals surface area contributed by atoms with Crippen LogP contribution in [0.4, 0.5) is 0 Å². The highest BCUT2D eigenvalue weighted by Gasteiger charge is 2.44.